The predicted molar refractivity (Wildman–Crippen MR) is 88.8 cm³/mol. The van der Waals surface area contributed by atoms with Gasteiger partial charge in [-0.3, -0.25) is 9.59 Å². The molecule has 2 N–H and O–H groups in total. The molecule has 1 fully saturated rings. The Kier molecular flexibility index (Phi) is 4.50. The molecule has 2 heterocycles. The molecular weight excluding hydrogens is 308 g/mol. The summed E-state index contributed by atoms with van der Waals surface area (Å²) in [5.41, 5.74) is 3.07. The lowest BCUT2D eigenvalue weighted by Crippen LogP contribution is -2.47. The Morgan fingerprint density at radius 3 is 2.71 bits per heavy atom. The molecule has 0 radical (unpaired) electrons. The van der Waals surface area contributed by atoms with Crippen molar-refractivity contribution < 1.29 is 14.1 Å². The molecule has 1 aliphatic heterocycles. The van der Waals surface area contributed by atoms with Crippen LogP contribution in [0.15, 0.2) is 28.8 Å². The van der Waals surface area contributed by atoms with Crippen LogP contribution in [-0.2, 0) is 11.3 Å². The summed E-state index contributed by atoms with van der Waals surface area (Å²) in [7, 11) is 0. The van der Waals surface area contributed by atoms with E-state index in [9.17, 15) is 9.59 Å². The molecule has 0 atom stereocenters. The lowest BCUT2D eigenvalue weighted by Gasteiger charge is -2.28. The summed E-state index contributed by atoms with van der Waals surface area (Å²) < 4.78 is 5.01. The van der Waals surface area contributed by atoms with Crippen LogP contribution in [-0.4, -0.2) is 36.6 Å². The van der Waals surface area contributed by atoms with Crippen molar-refractivity contribution in [3.8, 4) is 0 Å². The van der Waals surface area contributed by atoms with Crippen LogP contribution < -0.4 is 15.5 Å². The number of anilines is 1. The SMILES string of the molecule is Cc1noc(C)c1C(=O)NCc1ccc(N2CCNC(=O)C2)cc1. The van der Waals surface area contributed by atoms with Gasteiger partial charge < -0.3 is 20.1 Å². The zero-order valence-corrected chi connectivity index (χ0v) is 13.8. The number of piperazine rings is 1. The second-order valence-corrected chi connectivity index (χ2v) is 5.82. The normalized spacial score (nSPS) is 14.4. The number of amides is 2. The Hall–Kier alpha value is -2.83. The van der Waals surface area contributed by atoms with Gasteiger partial charge in [-0.05, 0) is 31.5 Å². The molecule has 0 saturated carbocycles. The maximum atomic E-state index is 12.2. The van der Waals surface area contributed by atoms with Crippen molar-refractivity contribution in [3.05, 3.63) is 46.8 Å². The smallest absolute Gasteiger partial charge is 0.257 e. The Labute approximate surface area is 140 Å². The highest BCUT2D eigenvalue weighted by Crippen LogP contribution is 2.16. The van der Waals surface area contributed by atoms with E-state index in [1.165, 1.54) is 0 Å². The highest BCUT2D eigenvalue weighted by Gasteiger charge is 2.18. The molecule has 0 unspecified atom stereocenters. The molecule has 0 bridgehead atoms. The number of carbonyl (C=O) groups is 2. The third-order valence-electron chi connectivity index (χ3n) is 4.05. The number of rotatable bonds is 4. The molecule has 0 spiro atoms. The summed E-state index contributed by atoms with van der Waals surface area (Å²) in [6, 6.07) is 7.84. The fraction of sp³-hybridized carbons (Fsp3) is 0.353. The number of carbonyl (C=O) groups excluding carboxylic acids is 2. The minimum absolute atomic E-state index is 0.0389. The monoisotopic (exact) mass is 328 g/mol. The number of hydrogen-bond acceptors (Lipinski definition) is 5. The third kappa shape index (κ3) is 3.40. The molecule has 7 nitrogen and oxygen atoms in total. The summed E-state index contributed by atoms with van der Waals surface area (Å²) >= 11 is 0. The van der Waals surface area contributed by atoms with Gasteiger partial charge in [0.1, 0.15) is 11.3 Å². The summed E-state index contributed by atoms with van der Waals surface area (Å²) in [6.45, 7) is 5.72. The molecule has 0 aliphatic carbocycles. The van der Waals surface area contributed by atoms with Gasteiger partial charge in [0.25, 0.3) is 5.91 Å². The Morgan fingerprint density at radius 2 is 2.08 bits per heavy atom. The van der Waals surface area contributed by atoms with Gasteiger partial charge >= 0.3 is 0 Å². The number of aromatic nitrogens is 1. The second kappa shape index (κ2) is 6.74. The van der Waals surface area contributed by atoms with Crippen molar-refractivity contribution in [3.63, 3.8) is 0 Å². The van der Waals surface area contributed by atoms with E-state index in [0.717, 1.165) is 17.8 Å². The van der Waals surface area contributed by atoms with Gasteiger partial charge in [-0.15, -0.1) is 0 Å². The van der Waals surface area contributed by atoms with E-state index < -0.39 is 0 Å². The van der Waals surface area contributed by atoms with Crippen molar-refractivity contribution in [2.24, 2.45) is 0 Å². The predicted octanol–water partition coefficient (Wildman–Crippen LogP) is 1.16. The van der Waals surface area contributed by atoms with Crippen LogP contribution in [0.5, 0.6) is 0 Å². The molecule has 3 rings (SSSR count). The van der Waals surface area contributed by atoms with Gasteiger partial charge in [-0.25, -0.2) is 0 Å². The molecule has 1 saturated heterocycles. The van der Waals surface area contributed by atoms with Crippen LogP contribution in [0.1, 0.15) is 27.4 Å². The van der Waals surface area contributed by atoms with Crippen LogP contribution in [0.25, 0.3) is 0 Å². The number of benzene rings is 1. The average molecular weight is 328 g/mol. The van der Waals surface area contributed by atoms with Crippen molar-refractivity contribution in [1.29, 1.82) is 0 Å². The highest BCUT2D eigenvalue weighted by molar-refractivity contribution is 5.96. The molecule has 7 heteroatoms. The molecular formula is C17H20N4O3. The summed E-state index contributed by atoms with van der Waals surface area (Å²) in [4.78, 5) is 25.7. The maximum Gasteiger partial charge on any atom is 0.257 e. The van der Waals surface area contributed by atoms with Crippen molar-refractivity contribution in [2.45, 2.75) is 20.4 Å². The van der Waals surface area contributed by atoms with Crippen LogP contribution >= 0.6 is 0 Å². The van der Waals surface area contributed by atoms with Crippen molar-refractivity contribution >= 4 is 17.5 Å². The molecule has 2 aromatic rings. The zero-order chi connectivity index (χ0) is 17.1. The van der Waals surface area contributed by atoms with Gasteiger partial charge in [-0.1, -0.05) is 17.3 Å². The van der Waals surface area contributed by atoms with Gasteiger partial charge in [0.2, 0.25) is 5.91 Å². The molecule has 1 aliphatic rings. The van der Waals surface area contributed by atoms with Gasteiger partial charge in [0, 0.05) is 25.3 Å². The van der Waals surface area contributed by atoms with Crippen LogP contribution in [0.2, 0.25) is 0 Å². The average Bonchev–Trinajstić information content (AvgIpc) is 2.92. The lowest BCUT2D eigenvalue weighted by molar-refractivity contribution is -0.120. The highest BCUT2D eigenvalue weighted by atomic mass is 16.5. The Morgan fingerprint density at radius 1 is 1.33 bits per heavy atom. The quantitative estimate of drug-likeness (QED) is 0.879. The van der Waals surface area contributed by atoms with E-state index >= 15 is 0 Å². The van der Waals surface area contributed by atoms with E-state index in [-0.39, 0.29) is 11.8 Å². The zero-order valence-electron chi connectivity index (χ0n) is 13.8. The Balaban J connectivity index is 1.60. The molecule has 1 aromatic carbocycles. The van der Waals surface area contributed by atoms with Gasteiger partial charge in [0.05, 0.1) is 12.2 Å². The topological polar surface area (TPSA) is 87.5 Å². The number of nitrogens with one attached hydrogen (secondary N) is 2. The maximum absolute atomic E-state index is 12.2. The van der Waals surface area contributed by atoms with Gasteiger partial charge in [-0.2, -0.15) is 0 Å². The first-order valence-electron chi connectivity index (χ1n) is 7.86. The number of aryl methyl sites for hydroxylation is 2. The lowest BCUT2D eigenvalue weighted by atomic mass is 10.1. The molecule has 24 heavy (non-hydrogen) atoms. The second-order valence-electron chi connectivity index (χ2n) is 5.82. The number of hydrogen-bond donors (Lipinski definition) is 2. The Bertz CT molecular complexity index is 732. The first-order valence-corrected chi connectivity index (χ1v) is 7.86. The van der Waals surface area contributed by atoms with Crippen LogP contribution in [0.3, 0.4) is 0 Å². The van der Waals surface area contributed by atoms with Crippen LogP contribution in [0.4, 0.5) is 5.69 Å². The minimum atomic E-state index is -0.192. The van der Waals surface area contributed by atoms with Crippen molar-refractivity contribution in [1.82, 2.24) is 15.8 Å². The fourth-order valence-corrected chi connectivity index (χ4v) is 2.76. The molecule has 2 amide bonds. The first kappa shape index (κ1) is 16.0. The van der Waals surface area contributed by atoms with E-state index in [1.54, 1.807) is 13.8 Å². The van der Waals surface area contributed by atoms with E-state index in [0.29, 0.717) is 36.7 Å². The number of nitrogens with zero attached hydrogens (tertiary/aromatic N) is 2. The van der Waals surface area contributed by atoms with E-state index in [1.807, 2.05) is 29.2 Å². The van der Waals surface area contributed by atoms with Crippen molar-refractivity contribution in [2.75, 3.05) is 24.5 Å². The van der Waals surface area contributed by atoms with Crippen LogP contribution in [0, 0.1) is 13.8 Å². The standard InChI is InChI=1S/C17H20N4O3/c1-11-16(12(2)24-20-11)17(23)19-9-13-3-5-14(6-4-13)21-8-7-18-15(22)10-21/h3-6H,7-10H2,1-2H3,(H,18,22)(H,19,23). The summed E-state index contributed by atoms with van der Waals surface area (Å²) in [6.07, 6.45) is 0. The summed E-state index contributed by atoms with van der Waals surface area (Å²) in [5.74, 6) is 0.365. The largest absolute Gasteiger partial charge is 0.361 e. The third-order valence-corrected chi connectivity index (χ3v) is 4.05. The first-order chi connectivity index (χ1) is 11.5. The van der Waals surface area contributed by atoms with E-state index in [4.69, 9.17) is 4.52 Å². The summed E-state index contributed by atoms with van der Waals surface area (Å²) in [5, 5.41) is 9.47. The molecule has 126 valence electrons. The van der Waals surface area contributed by atoms with E-state index in [2.05, 4.69) is 15.8 Å². The fourth-order valence-electron chi connectivity index (χ4n) is 2.76. The molecule has 1 aromatic heterocycles. The van der Waals surface area contributed by atoms with Gasteiger partial charge in [0.15, 0.2) is 0 Å². The minimum Gasteiger partial charge on any atom is -0.361 e.